The molecule has 7 nitrogen and oxygen atoms in total. The molecule has 0 N–H and O–H groups in total. The van der Waals surface area contributed by atoms with Crippen LogP contribution >= 0.6 is 0 Å². The van der Waals surface area contributed by atoms with Crippen LogP contribution in [0, 0.1) is 31.6 Å². The number of rotatable bonds is 9. The maximum atomic E-state index is 11.5. The Labute approximate surface area is 157 Å². The average molecular weight is 367 g/mol. The normalized spacial score (nSPS) is 10.4. The van der Waals surface area contributed by atoms with Crippen molar-refractivity contribution in [1.82, 2.24) is 0 Å². The Hall–Kier alpha value is -3.27. The van der Waals surface area contributed by atoms with E-state index < -0.39 is 9.85 Å². The summed E-state index contributed by atoms with van der Waals surface area (Å²) in [5.74, 6) is 0. The maximum absolute atomic E-state index is 11.5. The van der Waals surface area contributed by atoms with Gasteiger partial charge in [-0.1, -0.05) is 50.8 Å². The second kappa shape index (κ2) is 9.43. The third kappa shape index (κ3) is 5.11. The lowest BCUT2D eigenvalue weighted by atomic mass is 9.98. The van der Waals surface area contributed by atoms with Gasteiger partial charge < -0.3 is 0 Å². The summed E-state index contributed by atoms with van der Waals surface area (Å²) in [7, 11) is 0. The summed E-state index contributed by atoms with van der Waals surface area (Å²) in [6.45, 7) is 2.14. The van der Waals surface area contributed by atoms with Gasteiger partial charge in [-0.25, -0.2) is 0 Å². The van der Waals surface area contributed by atoms with E-state index in [0.29, 0.717) is 23.1 Å². The molecule has 140 valence electrons. The molecular formula is C20H21N3O4. The van der Waals surface area contributed by atoms with E-state index in [0.717, 1.165) is 25.7 Å². The topological polar surface area (TPSA) is 110 Å². The Balaban J connectivity index is 2.30. The molecule has 0 atom stereocenters. The van der Waals surface area contributed by atoms with Gasteiger partial charge >= 0.3 is 0 Å². The van der Waals surface area contributed by atoms with Crippen LogP contribution in [0.15, 0.2) is 36.4 Å². The lowest BCUT2D eigenvalue weighted by Gasteiger charge is -2.07. The predicted octanol–water partition coefficient (Wildman–Crippen LogP) is 5.55. The minimum Gasteiger partial charge on any atom is -0.258 e. The first-order valence-corrected chi connectivity index (χ1v) is 8.94. The van der Waals surface area contributed by atoms with Crippen molar-refractivity contribution >= 4 is 11.4 Å². The highest BCUT2D eigenvalue weighted by atomic mass is 16.6. The van der Waals surface area contributed by atoms with Crippen LogP contribution in [0.2, 0.25) is 0 Å². The number of nitro benzene ring substituents is 2. The third-order valence-corrected chi connectivity index (χ3v) is 4.48. The standard InChI is InChI=1S/C20H21N3O4/c1-2-3-4-5-6-7-15-8-9-16(12-19(15)22(24)25)17-10-11-18(14-21)20(13-17)23(26)27/h8-13H,2-7H2,1H3. The number of hydrogen-bond acceptors (Lipinski definition) is 5. The summed E-state index contributed by atoms with van der Waals surface area (Å²) in [5.41, 5.74) is 1.33. The van der Waals surface area contributed by atoms with Crippen LogP contribution in [-0.4, -0.2) is 9.85 Å². The van der Waals surface area contributed by atoms with E-state index in [1.54, 1.807) is 24.3 Å². The lowest BCUT2D eigenvalue weighted by Crippen LogP contribution is -1.97. The quantitative estimate of drug-likeness (QED) is 0.327. The van der Waals surface area contributed by atoms with Gasteiger partial charge in [0.1, 0.15) is 11.6 Å². The highest BCUT2D eigenvalue weighted by molar-refractivity contribution is 5.71. The van der Waals surface area contributed by atoms with Crippen LogP contribution < -0.4 is 0 Å². The van der Waals surface area contributed by atoms with Crippen molar-refractivity contribution in [2.24, 2.45) is 0 Å². The molecule has 0 amide bonds. The highest BCUT2D eigenvalue weighted by Crippen LogP contribution is 2.31. The third-order valence-electron chi connectivity index (χ3n) is 4.48. The van der Waals surface area contributed by atoms with E-state index in [1.165, 1.54) is 24.6 Å². The number of aryl methyl sites for hydroxylation is 1. The number of nitrogens with zero attached hydrogens (tertiary/aromatic N) is 3. The number of nitro groups is 2. The molecule has 7 heteroatoms. The Kier molecular flexibility index (Phi) is 7.00. The van der Waals surface area contributed by atoms with Crippen molar-refractivity contribution in [2.75, 3.05) is 0 Å². The van der Waals surface area contributed by atoms with Crippen molar-refractivity contribution < 1.29 is 9.85 Å². The Bertz CT molecular complexity index is 887. The molecule has 0 unspecified atom stereocenters. The van der Waals surface area contributed by atoms with Gasteiger partial charge in [0, 0.05) is 17.7 Å². The second-order valence-corrected chi connectivity index (χ2v) is 6.37. The summed E-state index contributed by atoms with van der Waals surface area (Å²) in [4.78, 5) is 21.6. The summed E-state index contributed by atoms with van der Waals surface area (Å²) in [5, 5.41) is 31.6. The molecule has 2 aromatic carbocycles. The van der Waals surface area contributed by atoms with Crippen LogP contribution in [0.1, 0.15) is 50.2 Å². The smallest absolute Gasteiger partial charge is 0.258 e. The summed E-state index contributed by atoms with van der Waals surface area (Å²) < 4.78 is 0. The van der Waals surface area contributed by atoms with Crippen molar-refractivity contribution in [3.8, 4) is 17.2 Å². The monoisotopic (exact) mass is 367 g/mol. The molecule has 2 aromatic rings. The van der Waals surface area contributed by atoms with E-state index >= 15 is 0 Å². The summed E-state index contributed by atoms with van der Waals surface area (Å²) in [6.07, 6.45) is 5.99. The molecule has 0 aliphatic rings. The number of unbranched alkanes of at least 4 members (excludes halogenated alkanes) is 4. The fraction of sp³-hybridized carbons (Fsp3) is 0.350. The SMILES string of the molecule is CCCCCCCc1ccc(-c2ccc(C#N)c([N+](=O)[O-])c2)cc1[N+](=O)[O-]. The van der Waals surface area contributed by atoms with E-state index in [9.17, 15) is 20.2 Å². The molecule has 0 radical (unpaired) electrons. The van der Waals surface area contributed by atoms with Crippen molar-refractivity contribution in [3.63, 3.8) is 0 Å². The Morgan fingerprint density at radius 1 is 0.889 bits per heavy atom. The molecule has 2 rings (SSSR count). The van der Waals surface area contributed by atoms with Gasteiger partial charge in [-0.15, -0.1) is 0 Å². The summed E-state index contributed by atoms with van der Waals surface area (Å²) >= 11 is 0. The van der Waals surface area contributed by atoms with Gasteiger partial charge in [-0.05, 0) is 30.0 Å². The van der Waals surface area contributed by atoms with E-state index in [1.807, 2.05) is 0 Å². The molecule has 0 aromatic heterocycles. The van der Waals surface area contributed by atoms with Gasteiger partial charge in [-0.3, -0.25) is 20.2 Å². The molecule has 27 heavy (non-hydrogen) atoms. The largest absolute Gasteiger partial charge is 0.287 e. The zero-order chi connectivity index (χ0) is 19.8. The predicted molar refractivity (Wildman–Crippen MR) is 102 cm³/mol. The Morgan fingerprint density at radius 2 is 1.48 bits per heavy atom. The molecule has 0 saturated carbocycles. The van der Waals surface area contributed by atoms with E-state index in [4.69, 9.17) is 5.26 Å². The van der Waals surface area contributed by atoms with Gasteiger partial charge in [0.15, 0.2) is 0 Å². The van der Waals surface area contributed by atoms with Gasteiger partial charge in [0.25, 0.3) is 11.4 Å². The minimum atomic E-state index is -0.624. The van der Waals surface area contributed by atoms with Crippen molar-refractivity contribution in [2.45, 2.75) is 45.4 Å². The van der Waals surface area contributed by atoms with Crippen LogP contribution in [0.4, 0.5) is 11.4 Å². The number of hydrogen-bond donors (Lipinski definition) is 0. The molecule has 0 bridgehead atoms. The van der Waals surface area contributed by atoms with E-state index in [2.05, 4.69) is 6.92 Å². The molecular weight excluding hydrogens is 346 g/mol. The zero-order valence-electron chi connectivity index (χ0n) is 15.2. The van der Waals surface area contributed by atoms with Gasteiger partial charge in [0.2, 0.25) is 0 Å². The molecule has 0 saturated heterocycles. The molecule has 0 heterocycles. The van der Waals surface area contributed by atoms with Crippen LogP contribution in [0.5, 0.6) is 0 Å². The highest BCUT2D eigenvalue weighted by Gasteiger charge is 2.18. The minimum absolute atomic E-state index is 0.0232. The fourth-order valence-corrected chi connectivity index (χ4v) is 3.00. The maximum Gasteiger partial charge on any atom is 0.287 e. The second-order valence-electron chi connectivity index (χ2n) is 6.37. The average Bonchev–Trinajstić information content (AvgIpc) is 2.67. The molecule has 0 aliphatic carbocycles. The Morgan fingerprint density at radius 3 is 2.07 bits per heavy atom. The first-order chi connectivity index (χ1) is 13.0. The first-order valence-electron chi connectivity index (χ1n) is 8.94. The summed E-state index contributed by atoms with van der Waals surface area (Å²) in [6, 6.07) is 10.9. The molecule has 0 spiro atoms. The van der Waals surface area contributed by atoms with Gasteiger partial charge in [0.05, 0.1) is 9.85 Å². The number of benzene rings is 2. The molecule has 0 aliphatic heterocycles. The van der Waals surface area contributed by atoms with Crippen LogP contribution in [-0.2, 0) is 6.42 Å². The van der Waals surface area contributed by atoms with Crippen LogP contribution in [0.25, 0.3) is 11.1 Å². The molecule has 0 fully saturated rings. The van der Waals surface area contributed by atoms with E-state index in [-0.39, 0.29) is 16.9 Å². The fourth-order valence-electron chi connectivity index (χ4n) is 3.00. The number of nitriles is 1. The first kappa shape index (κ1) is 20.0. The zero-order valence-corrected chi connectivity index (χ0v) is 15.2. The van der Waals surface area contributed by atoms with Gasteiger partial charge in [-0.2, -0.15) is 5.26 Å². The van der Waals surface area contributed by atoms with Crippen molar-refractivity contribution in [3.05, 3.63) is 67.8 Å². The van der Waals surface area contributed by atoms with Crippen LogP contribution in [0.3, 0.4) is 0 Å². The lowest BCUT2D eigenvalue weighted by molar-refractivity contribution is -0.385. The van der Waals surface area contributed by atoms with Crippen molar-refractivity contribution in [1.29, 1.82) is 5.26 Å².